The van der Waals surface area contributed by atoms with Crippen molar-refractivity contribution in [2.75, 3.05) is 0 Å². The molecule has 0 fully saturated rings. The number of aliphatic carboxylic acids is 1. The lowest BCUT2D eigenvalue weighted by Crippen LogP contribution is -2.45. The molecule has 1 amide bonds. The molecule has 1 rings (SSSR count). The van der Waals surface area contributed by atoms with E-state index in [0.29, 0.717) is 15.1 Å². The molecule has 0 saturated heterocycles. The zero-order valence-electron chi connectivity index (χ0n) is 11.5. The average Bonchev–Trinajstić information content (AvgIpc) is 2.29. The minimum absolute atomic E-state index is 0.132. The third-order valence-corrected chi connectivity index (χ3v) is 3.83. The van der Waals surface area contributed by atoms with Crippen molar-refractivity contribution >= 4 is 39.4 Å². The Morgan fingerprint density at radius 3 is 2.50 bits per heavy atom. The number of amides is 1. The molecule has 1 aromatic carbocycles. The maximum Gasteiger partial charge on any atom is 0.305 e. The summed E-state index contributed by atoms with van der Waals surface area (Å²) in [5.41, 5.74) is 0.0242. The number of carbonyl (C=O) groups is 2. The van der Waals surface area contributed by atoms with Gasteiger partial charge in [0.25, 0.3) is 5.91 Å². The summed E-state index contributed by atoms with van der Waals surface area (Å²) in [4.78, 5) is 23.2. The normalized spacial score (nSPS) is 12.8. The van der Waals surface area contributed by atoms with Crippen LogP contribution in [0.25, 0.3) is 0 Å². The molecule has 0 aliphatic rings. The first-order valence-electron chi connectivity index (χ1n) is 6.09. The standard InChI is InChI=1S/C14H17BrClNO3/c1-14(2,3)11(7-12(18)19)17-13(20)9-6-8(16)4-5-10(9)15/h4-6,11H,7H2,1-3H3,(H,17,20)(H,18,19). The van der Waals surface area contributed by atoms with Gasteiger partial charge in [0, 0.05) is 15.5 Å². The van der Waals surface area contributed by atoms with Crippen LogP contribution in [-0.4, -0.2) is 23.0 Å². The Morgan fingerprint density at radius 1 is 1.40 bits per heavy atom. The topological polar surface area (TPSA) is 66.4 Å². The van der Waals surface area contributed by atoms with Crippen molar-refractivity contribution in [3.63, 3.8) is 0 Å². The molecule has 6 heteroatoms. The van der Waals surface area contributed by atoms with Crippen LogP contribution in [0.1, 0.15) is 37.6 Å². The summed E-state index contributed by atoms with van der Waals surface area (Å²) >= 11 is 9.16. The van der Waals surface area contributed by atoms with Gasteiger partial charge in [0.2, 0.25) is 0 Å². The van der Waals surface area contributed by atoms with Crippen molar-refractivity contribution in [2.45, 2.75) is 33.2 Å². The molecule has 0 aliphatic heterocycles. The van der Waals surface area contributed by atoms with Gasteiger partial charge in [-0.15, -0.1) is 0 Å². The molecular formula is C14H17BrClNO3. The van der Waals surface area contributed by atoms with E-state index in [4.69, 9.17) is 16.7 Å². The van der Waals surface area contributed by atoms with Crippen molar-refractivity contribution in [3.8, 4) is 0 Å². The molecule has 1 atom stereocenters. The summed E-state index contributed by atoms with van der Waals surface area (Å²) < 4.78 is 0.613. The highest BCUT2D eigenvalue weighted by Crippen LogP contribution is 2.25. The van der Waals surface area contributed by atoms with E-state index in [1.807, 2.05) is 20.8 Å². The maximum atomic E-state index is 12.3. The molecular weight excluding hydrogens is 346 g/mol. The zero-order chi connectivity index (χ0) is 15.5. The Kier molecular flexibility index (Phi) is 5.59. The van der Waals surface area contributed by atoms with Crippen LogP contribution in [0.2, 0.25) is 5.02 Å². The van der Waals surface area contributed by atoms with Gasteiger partial charge in [-0.3, -0.25) is 9.59 Å². The molecule has 1 unspecified atom stereocenters. The van der Waals surface area contributed by atoms with Gasteiger partial charge in [-0.2, -0.15) is 0 Å². The van der Waals surface area contributed by atoms with Crippen molar-refractivity contribution in [1.29, 1.82) is 0 Å². The summed E-state index contributed by atoms with van der Waals surface area (Å²) in [6.45, 7) is 5.65. The number of hydrogen-bond acceptors (Lipinski definition) is 2. The lowest BCUT2D eigenvalue weighted by Gasteiger charge is -2.30. The number of carbonyl (C=O) groups excluding carboxylic acids is 1. The zero-order valence-corrected chi connectivity index (χ0v) is 13.9. The Hall–Kier alpha value is -1.07. The smallest absolute Gasteiger partial charge is 0.305 e. The van der Waals surface area contributed by atoms with E-state index >= 15 is 0 Å². The fourth-order valence-corrected chi connectivity index (χ4v) is 2.25. The van der Waals surface area contributed by atoms with Crippen molar-refractivity contribution in [2.24, 2.45) is 5.41 Å². The molecule has 20 heavy (non-hydrogen) atoms. The first kappa shape index (κ1) is 17.0. The minimum Gasteiger partial charge on any atom is -0.481 e. The van der Waals surface area contributed by atoms with Gasteiger partial charge >= 0.3 is 5.97 Å². The van der Waals surface area contributed by atoms with Crippen LogP contribution in [0.4, 0.5) is 0 Å². The minimum atomic E-state index is -0.949. The average molecular weight is 363 g/mol. The molecule has 110 valence electrons. The summed E-state index contributed by atoms with van der Waals surface area (Å²) in [7, 11) is 0. The van der Waals surface area contributed by atoms with Gasteiger partial charge < -0.3 is 10.4 Å². The summed E-state index contributed by atoms with van der Waals surface area (Å²) in [6.07, 6.45) is -0.132. The van der Waals surface area contributed by atoms with Gasteiger partial charge in [0.1, 0.15) is 0 Å². The third-order valence-electron chi connectivity index (χ3n) is 2.90. The largest absolute Gasteiger partial charge is 0.481 e. The van der Waals surface area contributed by atoms with E-state index in [2.05, 4.69) is 21.2 Å². The fourth-order valence-electron chi connectivity index (χ4n) is 1.66. The van der Waals surface area contributed by atoms with Crippen molar-refractivity contribution < 1.29 is 14.7 Å². The molecule has 0 saturated carbocycles. The van der Waals surface area contributed by atoms with Crippen LogP contribution in [0.15, 0.2) is 22.7 Å². The van der Waals surface area contributed by atoms with Crippen molar-refractivity contribution in [3.05, 3.63) is 33.3 Å². The first-order valence-corrected chi connectivity index (χ1v) is 7.26. The molecule has 0 radical (unpaired) electrons. The van der Waals surface area contributed by atoms with Gasteiger partial charge in [-0.05, 0) is 39.5 Å². The van der Waals surface area contributed by atoms with Crippen LogP contribution < -0.4 is 5.32 Å². The van der Waals surface area contributed by atoms with Crippen LogP contribution in [0.5, 0.6) is 0 Å². The number of carboxylic acids is 1. The third kappa shape index (κ3) is 4.80. The second-order valence-corrected chi connectivity index (χ2v) is 6.90. The van der Waals surface area contributed by atoms with E-state index in [0.717, 1.165) is 0 Å². The van der Waals surface area contributed by atoms with Gasteiger partial charge in [-0.1, -0.05) is 32.4 Å². The Bertz CT molecular complexity index is 526. The number of nitrogens with one attached hydrogen (secondary N) is 1. The second kappa shape index (κ2) is 6.59. The van der Waals surface area contributed by atoms with Crippen LogP contribution in [0.3, 0.4) is 0 Å². The predicted octanol–water partition coefficient (Wildman–Crippen LogP) is 3.72. The lowest BCUT2D eigenvalue weighted by atomic mass is 9.84. The van der Waals surface area contributed by atoms with E-state index in [-0.39, 0.29) is 17.7 Å². The van der Waals surface area contributed by atoms with Gasteiger partial charge in [0.15, 0.2) is 0 Å². The second-order valence-electron chi connectivity index (χ2n) is 5.61. The molecule has 0 bridgehead atoms. The monoisotopic (exact) mass is 361 g/mol. The Balaban J connectivity index is 2.96. The van der Waals surface area contributed by atoms with Crippen LogP contribution in [0, 0.1) is 5.41 Å². The molecule has 2 N–H and O–H groups in total. The maximum absolute atomic E-state index is 12.3. The quantitative estimate of drug-likeness (QED) is 0.858. The van der Waals surface area contributed by atoms with Gasteiger partial charge in [-0.25, -0.2) is 0 Å². The van der Waals surface area contributed by atoms with E-state index in [1.54, 1.807) is 18.2 Å². The number of rotatable bonds is 4. The number of benzene rings is 1. The van der Waals surface area contributed by atoms with Crippen LogP contribution in [-0.2, 0) is 4.79 Å². The Labute approximate surface area is 131 Å². The van der Waals surface area contributed by atoms with Gasteiger partial charge in [0.05, 0.1) is 12.0 Å². The summed E-state index contributed by atoms with van der Waals surface area (Å²) in [5, 5.41) is 12.2. The molecule has 0 aliphatic carbocycles. The SMILES string of the molecule is CC(C)(C)C(CC(=O)O)NC(=O)c1cc(Cl)ccc1Br. The summed E-state index contributed by atoms with van der Waals surface area (Å²) in [5.74, 6) is -1.30. The van der Waals surface area contributed by atoms with E-state index in [9.17, 15) is 9.59 Å². The fraction of sp³-hybridized carbons (Fsp3) is 0.429. The number of carboxylic acid groups (broad SMARTS) is 1. The van der Waals surface area contributed by atoms with Crippen molar-refractivity contribution in [1.82, 2.24) is 5.32 Å². The molecule has 0 aromatic heterocycles. The van der Waals surface area contributed by atoms with Crippen LogP contribution >= 0.6 is 27.5 Å². The molecule has 1 aromatic rings. The molecule has 0 heterocycles. The first-order chi connectivity index (χ1) is 9.11. The lowest BCUT2D eigenvalue weighted by molar-refractivity contribution is -0.138. The highest BCUT2D eigenvalue weighted by Gasteiger charge is 2.29. The number of halogens is 2. The predicted molar refractivity (Wildman–Crippen MR) is 82.1 cm³/mol. The summed E-state index contributed by atoms with van der Waals surface area (Å²) in [6, 6.07) is 4.42. The molecule has 0 spiro atoms. The number of hydrogen-bond donors (Lipinski definition) is 2. The van der Waals surface area contributed by atoms with E-state index < -0.39 is 12.0 Å². The highest BCUT2D eigenvalue weighted by molar-refractivity contribution is 9.10. The van der Waals surface area contributed by atoms with E-state index in [1.165, 1.54) is 0 Å². The molecule has 4 nitrogen and oxygen atoms in total. The Morgan fingerprint density at radius 2 is 2.00 bits per heavy atom. The highest BCUT2D eigenvalue weighted by atomic mass is 79.9.